The SMILES string of the molecule is Cc1cc([N+](=O)[O-])ccc1CC(=O)CC(C)C. The van der Waals surface area contributed by atoms with Gasteiger partial charge in [0.25, 0.3) is 5.69 Å². The molecule has 1 aromatic rings. The molecule has 0 N–H and O–H groups in total. The average molecular weight is 235 g/mol. The molecule has 17 heavy (non-hydrogen) atoms. The van der Waals surface area contributed by atoms with Crippen LogP contribution in [0.2, 0.25) is 0 Å². The van der Waals surface area contributed by atoms with Crippen LogP contribution < -0.4 is 0 Å². The van der Waals surface area contributed by atoms with Crippen molar-refractivity contribution in [1.29, 1.82) is 0 Å². The zero-order valence-corrected chi connectivity index (χ0v) is 10.4. The zero-order chi connectivity index (χ0) is 13.0. The number of hydrogen-bond acceptors (Lipinski definition) is 3. The lowest BCUT2D eigenvalue weighted by atomic mass is 9.98. The Kier molecular flexibility index (Phi) is 4.37. The molecule has 0 bridgehead atoms. The largest absolute Gasteiger partial charge is 0.299 e. The Balaban J connectivity index is 2.79. The Morgan fingerprint density at radius 3 is 2.53 bits per heavy atom. The zero-order valence-electron chi connectivity index (χ0n) is 10.4. The predicted molar refractivity (Wildman–Crippen MR) is 66.0 cm³/mol. The number of ketones is 1. The maximum atomic E-state index is 11.7. The maximum Gasteiger partial charge on any atom is 0.269 e. The number of Topliss-reactive ketones (excluding diaryl/α,β-unsaturated/α-hetero) is 1. The second-order valence-electron chi connectivity index (χ2n) is 4.68. The van der Waals surface area contributed by atoms with E-state index in [4.69, 9.17) is 0 Å². The summed E-state index contributed by atoms with van der Waals surface area (Å²) in [6.07, 6.45) is 0.915. The van der Waals surface area contributed by atoms with E-state index in [1.807, 2.05) is 13.8 Å². The van der Waals surface area contributed by atoms with Gasteiger partial charge in [0, 0.05) is 25.0 Å². The fourth-order valence-electron chi connectivity index (χ4n) is 1.73. The average Bonchev–Trinajstić information content (AvgIpc) is 2.19. The third-order valence-electron chi connectivity index (χ3n) is 2.56. The molecule has 92 valence electrons. The van der Waals surface area contributed by atoms with Crippen molar-refractivity contribution in [2.24, 2.45) is 5.92 Å². The lowest BCUT2D eigenvalue weighted by Gasteiger charge is -2.06. The molecule has 0 aromatic heterocycles. The van der Waals surface area contributed by atoms with E-state index in [2.05, 4.69) is 0 Å². The van der Waals surface area contributed by atoms with E-state index < -0.39 is 4.92 Å². The molecule has 1 aromatic carbocycles. The number of carbonyl (C=O) groups excluding carboxylic acids is 1. The van der Waals surface area contributed by atoms with Crippen molar-refractivity contribution < 1.29 is 9.72 Å². The lowest BCUT2D eigenvalue weighted by molar-refractivity contribution is -0.384. The van der Waals surface area contributed by atoms with Gasteiger partial charge >= 0.3 is 0 Å². The van der Waals surface area contributed by atoms with E-state index in [1.54, 1.807) is 13.0 Å². The minimum atomic E-state index is -0.424. The Morgan fingerprint density at radius 1 is 1.41 bits per heavy atom. The number of aryl methyl sites for hydroxylation is 1. The topological polar surface area (TPSA) is 60.2 Å². The van der Waals surface area contributed by atoms with Gasteiger partial charge in [-0.25, -0.2) is 0 Å². The Bertz CT molecular complexity index is 438. The Hall–Kier alpha value is -1.71. The van der Waals surface area contributed by atoms with Crippen LogP contribution in [0.15, 0.2) is 18.2 Å². The molecule has 0 spiro atoms. The highest BCUT2D eigenvalue weighted by Crippen LogP contribution is 2.18. The van der Waals surface area contributed by atoms with Crippen LogP contribution in [0.3, 0.4) is 0 Å². The van der Waals surface area contributed by atoms with Crippen LogP contribution >= 0.6 is 0 Å². The third kappa shape index (κ3) is 3.98. The van der Waals surface area contributed by atoms with Crippen molar-refractivity contribution in [3.63, 3.8) is 0 Å². The monoisotopic (exact) mass is 235 g/mol. The summed E-state index contributed by atoms with van der Waals surface area (Å²) < 4.78 is 0. The van der Waals surface area contributed by atoms with Gasteiger partial charge in [-0.15, -0.1) is 0 Å². The molecule has 0 radical (unpaired) electrons. The standard InChI is InChI=1S/C13H17NO3/c1-9(2)6-13(15)8-11-4-5-12(14(16)17)7-10(11)3/h4-5,7,9H,6,8H2,1-3H3. The summed E-state index contributed by atoms with van der Waals surface area (Å²) in [4.78, 5) is 21.8. The molecule has 0 saturated carbocycles. The first-order chi connectivity index (χ1) is 7.90. The number of carbonyl (C=O) groups is 1. The van der Waals surface area contributed by atoms with Gasteiger partial charge in [0.1, 0.15) is 5.78 Å². The van der Waals surface area contributed by atoms with Crippen molar-refractivity contribution in [2.75, 3.05) is 0 Å². The number of rotatable bonds is 5. The number of benzene rings is 1. The minimum Gasteiger partial charge on any atom is -0.299 e. The quantitative estimate of drug-likeness (QED) is 0.582. The third-order valence-corrected chi connectivity index (χ3v) is 2.56. The molecule has 4 nitrogen and oxygen atoms in total. The summed E-state index contributed by atoms with van der Waals surface area (Å²) >= 11 is 0. The minimum absolute atomic E-state index is 0.0718. The molecular formula is C13H17NO3. The maximum absolute atomic E-state index is 11.7. The van der Waals surface area contributed by atoms with Crippen molar-refractivity contribution in [2.45, 2.75) is 33.6 Å². The number of nitro groups is 1. The highest BCUT2D eigenvalue weighted by molar-refractivity contribution is 5.81. The van der Waals surface area contributed by atoms with Crippen LogP contribution in [-0.4, -0.2) is 10.7 Å². The number of nitro benzene ring substituents is 1. The van der Waals surface area contributed by atoms with E-state index in [9.17, 15) is 14.9 Å². The molecule has 0 unspecified atom stereocenters. The molecular weight excluding hydrogens is 218 g/mol. The van der Waals surface area contributed by atoms with Crippen LogP contribution in [0.4, 0.5) is 5.69 Å². The van der Waals surface area contributed by atoms with Gasteiger partial charge in [-0.05, 0) is 24.0 Å². The summed E-state index contributed by atoms with van der Waals surface area (Å²) in [5, 5.41) is 10.6. The molecule has 0 aliphatic carbocycles. The van der Waals surface area contributed by atoms with Gasteiger partial charge in [0.05, 0.1) is 4.92 Å². The van der Waals surface area contributed by atoms with E-state index in [1.165, 1.54) is 12.1 Å². The van der Waals surface area contributed by atoms with Crippen LogP contribution in [0.5, 0.6) is 0 Å². The first-order valence-electron chi connectivity index (χ1n) is 5.65. The first kappa shape index (κ1) is 13.4. The van der Waals surface area contributed by atoms with Gasteiger partial charge in [-0.3, -0.25) is 14.9 Å². The van der Waals surface area contributed by atoms with E-state index >= 15 is 0 Å². The Labute approximate surface area is 101 Å². The normalized spacial score (nSPS) is 10.6. The van der Waals surface area contributed by atoms with E-state index in [-0.39, 0.29) is 11.5 Å². The molecule has 0 heterocycles. The Morgan fingerprint density at radius 2 is 2.06 bits per heavy atom. The van der Waals surface area contributed by atoms with Crippen LogP contribution in [-0.2, 0) is 11.2 Å². The molecule has 0 aliphatic rings. The smallest absolute Gasteiger partial charge is 0.269 e. The summed E-state index contributed by atoms with van der Waals surface area (Å²) in [7, 11) is 0. The number of hydrogen-bond donors (Lipinski definition) is 0. The van der Waals surface area contributed by atoms with Gasteiger partial charge in [-0.1, -0.05) is 19.9 Å². The van der Waals surface area contributed by atoms with E-state index in [0.717, 1.165) is 11.1 Å². The summed E-state index contributed by atoms with van der Waals surface area (Å²) in [5.41, 5.74) is 1.75. The lowest BCUT2D eigenvalue weighted by Crippen LogP contribution is -2.07. The summed E-state index contributed by atoms with van der Waals surface area (Å²) in [6, 6.07) is 4.63. The fraction of sp³-hybridized carbons (Fsp3) is 0.462. The highest BCUT2D eigenvalue weighted by atomic mass is 16.6. The van der Waals surface area contributed by atoms with Gasteiger partial charge in [0.2, 0.25) is 0 Å². The first-order valence-corrected chi connectivity index (χ1v) is 5.65. The molecule has 0 atom stereocenters. The highest BCUT2D eigenvalue weighted by Gasteiger charge is 2.11. The van der Waals surface area contributed by atoms with Crippen molar-refractivity contribution in [3.05, 3.63) is 39.4 Å². The van der Waals surface area contributed by atoms with Crippen LogP contribution in [0.1, 0.15) is 31.4 Å². The summed E-state index contributed by atoms with van der Waals surface area (Å²) in [5.74, 6) is 0.526. The van der Waals surface area contributed by atoms with Crippen LogP contribution in [0.25, 0.3) is 0 Å². The molecule has 1 rings (SSSR count). The predicted octanol–water partition coefficient (Wildman–Crippen LogP) is 3.06. The molecule has 0 amide bonds. The van der Waals surface area contributed by atoms with Crippen LogP contribution in [0, 0.1) is 23.0 Å². The number of non-ortho nitro benzene ring substituents is 1. The second kappa shape index (κ2) is 5.57. The fourth-order valence-corrected chi connectivity index (χ4v) is 1.73. The molecule has 0 saturated heterocycles. The van der Waals surface area contributed by atoms with Gasteiger partial charge in [0.15, 0.2) is 0 Å². The van der Waals surface area contributed by atoms with Gasteiger partial charge < -0.3 is 0 Å². The second-order valence-corrected chi connectivity index (χ2v) is 4.68. The van der Waals surface area contributed by atoms with Crippen molar-refractivity contribution in [1.82, 2.24) is 0 Å². The van der Waals surface area contributed by atoms with Gasteiger partial charge in [-0.2, -0.15) is 0 Å². The van der Waals surface area contributed by atoms with Crippen molar-refractivity contribution >= 4 is 11.5 Å². The molecule has 4 heteroatoms. The summed E-state index contributed by atoms with van der Waals surface area (Å²) in [6.45, 7) is 5.80. The molecule has 0 aliphatic heterocycles. The van der Waals surface area contributed by atoms with Crippen molar-refractivity contribution in [3.8, 4) is 0 Å². The number of nitrogens with zero attached hydrogens (tertiary/aromatic N) is 1. The molecule has 0 fully saturated rings. The van der Waals surface area contributed by atoms with E-state index in [0.29, 0.717) is 18.8 Å².